The largest absolute Gasteiger partial charge is 0.490 e. The Kier molecular flexibility index (Phi) is 12.0. The fourth-order valence-electron chi connectivity index (χ4n) is 2.72. The first-order valence-electron chi connectivity index (χ1n) is 10.1. The first kappa shape index (κ1) is 30.6. The summed E-state index contributed by atoms with van der Waals surface area (Å²) in [6.07, 6.45) is -6.25. The summed E-state index contributed by atoms with van der Waals surface area (Å²) < 4.78 is 68.5. The monoisotopic (exact) mass is 530 g/mol. The molecule has 2 aromatic rings. The highest BCUT2D eigenvalue weighted by atomic mass is 19.4. The molecule has 3 rings (SSSR count). The van der Waals surface area contributed by atoms with E-state index in [2.05, 4.69) is 36.9 Å². The zero-order chi connectivity index (χ0) is 27.4. The molecule has 0 bridgehead atoms. The fraction of sp³-hybridized carbons (Fsp3) is 0.526. The Labute approximate surface area is 200 Å². The van der Waals surface area contributed by atoms with E-state index in [1.54, 1.807) is 13.4 Å². The number of aromatic amines is 1. The second kappa shape index (κ2) is 14.2. The molecule has 0 atom stereocenters. The molecular formula is C19H24F6N6O5. The number of carboxylic acid groups (broad SMARTS) is 2. The van der Waals surface area contributed by atoms with Crippen LogP contribution in [-0.2, 0) is 27.5 Å². The molecule has 0 unspecified atom stereocenters. The van der Waals surface area contributed by atoms with Crippen LogP contribution in [0.1, 0.15) is 35.8 Å². The predicted molar refractivity (Wildman–Crippen MR) is 111 cm³/mol. The molecule has 1 saturated heterocycles. The molecule has 0 spiro atoms. The molecule has 3 heterocycles. The van der Waals surface area contributed by atoms with Gasteiger partial charge in [0.05, 0.1) is 24.5 Å². The van der Waals surface area contributed by atoms with Crippen molar-refractivity contribution in [3.63, 3.8) is 0 Å². The highest BCUT2D eigenvalue weighted by molar-refractivity contribution is 5.73. The molecule has 17 heteroatoms. The van der Waals surface area contributed by atoms with Crippen LogP contribution in [0.2, 0.25) is 0 Å². The molecule has 36 heavy (non-hydrogen) atoms. The Hall–Kier alpha value is -3.47. The number of hydrogen-bond acceptors (Lipinski definition) is 8. The van der Waals surface area contributed by atoms with E-state index in [0.29, 0.717) is 19.1 Å². The zero-order valence-corrected chi connectivity index (χ0v) is 18.8. The van der Waals surface area contributed by atoms with E-state index in [0.717, 1.165) is 48.8 Å². The Morgan fingerprint density at radius 2 is 1.61 bits per heavy atom. The number of ether oxygens (including phenoxy) is 1. The minimum Gasteiger partial charge on any atom is -0.475 e. The third-order valence-corrected chi connectivity index (χ3v) is 4.37. The maximum absolute atomic E-state index is 10.6. The number of nitrogens with one attached hydrogen (secondary N) is 3. The minimum atomic E-state index is -5.08. The third-order valence-electron chi connectivity index (χ3n) is 4.37. The Morgan fingerprint density at radius 1 is 1.06 bits per heavy atom. The number of halogens is 6. The van der Waals surface area contributed by atoms with Gasteiger partial charge in [-0.25, -0.2) is 19.6 Å². The Balaban J connectivity index is 0.000000383. The highest BCUT2D eigenvalue weighted by Crippen LogP contribution is 2.24. The van der Waals surface area contributed by atoms with Gasteiger partial charge in [0.25, 0.3) is 0 Å². The molecule has 1 aliphatic heterocycles. The number of rotatable bonds is 6. The van der Waals surface area contributed by atoms with Crippen molar-refractivity contribution in [3.8, 4) is 0 Å². The normalized spacial score (nSPS) is 14.1. The molecule has 0 radical (unpaired) electrons. The average molecular weight is 530 g/mol. The smallest absolute Gasteiger partial charge is 0.475 e. The maximum Gasteiger partial charge on any atom is 0.490 e. The van der Waals surface area contributed by atoms with Crippen molar-refractivity contribution in [3.05, 3.63) is 35.5 Å². The molecule has 1 aliphatic rings. The number of aliphatic carboxylic acids is 2. The Morgan fingerprint density at radius 3 is 2.11 bits per heavy atom. The van der Waals surface area contributed by atoms with Crippen molar-refractivity contribution in [1.82, 2.24) is 25.5 Å². The van der Waals surface area contributed by atoms with Crippen molar-refractivity contribution >= 4 is 17.8 Å². The molecule has 5 N–H and O–H groups in total. The van der Waals surface area contributed by atoms with Gasteiger partial charge in [-0.2, -0.15) is 31.4 Å². The summed E-state index contributed by atoms with van der Waals surface area (Å²) in [4.78, 5) is 26.5. The van der Waals surface area contributed by atoms with Gasteiger partial charge in [-0.1, -0.05) is 0 Å². The van der Waals surface area contributed by atoms with Gasteiger partial charge < -0.3 is 25.6 Å². The minimum absolute atomic E-state index is 0.518. The molecule has 11 nitrogen and oxygen atoms in total. The molecule has 0 aliphatic carbocycles. The number of nitrogens with zero attached hydrogens (tertiary/aromatic N) is 3. The van der Waals surface area contributed by atoms with Crippen LogP contribution < -0.4 is 10.6 Å². The van der Waals surface area contributed by atoms with Gasteiger partial charge in [0, 0.05) is 24.8 Å². The number of carboxylic acids is 2. The third kappa shape index (κ3) is 11.8. The van der Waals surface area contributed by atoms with Crippen molar-refractivity contribution < 1.29 is 50.9 Å². The number of methoxy groups -OCH3 is 1. The second-order valence-corrected chi connectivity index (χ2v) is 7.13. The van der Waals surface area contributed by atoms with Crippen molar-refractivity contribution in [2.24, 2.45) is 0 Å². The molecule has 1 fully saturated rings. The Bertz CT molecular complexity index is 939. The van der Waals surface area contributed by atoms with Gasteiger partial charge in [0.1, 0.15) is 12.1 Å². The molecule has 0 aromatic carbocycles. The van der Waals surface area contributed by atoms with Crippen LogP contribution >= 0.6 is 0 Å². The van der Waals surface area contributed by atoms with Gasteiger partial charge in [-0.3, -0.25) is 5.10 Å². The molecule has 0 saturated carbocycles. The van der Waals surface area contributed by atoms with Crippen LogP contribution in [0.4, 0.5) is 32.2 Å². The lowest BCUT2D eigenvalue weighted by Crippen LogP contribution is -2.27. The summed E-state index contributed by atoms with van der Waals surface area (Å²) in [7, 11) is 1.66. The zero-order valence-electron chi connectivity index (χ0n) is 18.8. The first-order valence-corrected chi connectivity index (χ1v) is 10.1. The summed E-state index contributed by atoms with van der Waals surface area (Å²) in [5.41, 5.74) is 3.04. The van der Waals surface area contributed by atoms with E-state index in [9.17, 15) is 26.3 Å². The lowest BCUT2D eigenvalue weighted by molar-refractivity contribution is -0.193. The summed E-state index contributed by atoms with van der Waals surface area (Å²) >= 11 is 0. The number of hydrogen-bond donors (Lipinski definition) is 5. The standard InChI is InChI=1S/C15H22N6O.2C2HF3O2/c1-22-9-13-6-12(20-21-13)8-17-15-7-14(18-10-19-15)11-2-4-16-5-3-11;2*3-2(4,5)1(6)7/h6-7,10-11,16H,2-5,8-9H2,1H3,(H,20,21)(H,17,18,19);2*(H,6,7). The quantitative estimate of drug-likeness (QED) is 0.351. The number of carbonyl (C=O) groups is 2. The van der Waals surface area contributed by atoms with Gasteiger partial charge >= 0.3 is 24.3 Å². The second-order valence-electron chi connectivity index (χ2n) is 7.13. The van der Waals surface area contributed by atoms with E-state index in [1.165, 1.54) is 0 Å². The van der Waals surface area contributed by atoms with E-state index in [-0.39, 0.29) is 0 Å². The lowest BCUT2D eigenvalue weighted by Gasteiger charge is -2.22. The van der Waals surface area contributed by atoms with Crippen molar-refractivity contribution in [1.29, 1.82) is 0 Å². The number of anilines is 1. The van der Waals surface area contributed by atoms with Crippen LogP contribution in [0.15, 0.2) is 18.5 Å². The molecular weight excluding hydrogens is 506 g/mol. The first-order chi connectivity index (χ1) is 16.7. The molecule has 2 aromatic heterocycles. The predicted octanol–water partition coefficient (Wildman–Crippen LogP) is 2.69. The summed E-state index contributed by atoms with van der Waals surface area (Å²) in [5, 5.41) is 28.1. The SMILES string of the molecule is COCc1cc(CNc2cc(C3CCNCC3)ncn2)[nH]n1.O=C(O)C(F)(F)F.O=C(O)C(F)(F)F. The number of aromatic nitrogens is 4. The maximum atomic E-state index is 10.6. The summed E-state index contributed by atoms with van der Waals surface area (Å²) in [6.45, 7) is 3.30. The van der Waals surface area contributed by atoms with Gasteiger partial charge in [0.15, 0.2) is 0 Å². The number of H-pyrrole nitrogens is 1. The lowest BCUT2D eigenvalue weighted by atomic mass is 9.94. The number of piperidine rings is 1. The van der Waals surface area contributed by atoms with Crippen LogP contribution in [-0.4, -0.2) is 74.9 Å². The van der Waals surface area contributed by atoms with Crippen molar-refractivity contribution in [2.45, 2.75) is 44.3 Å². The fourth-order valence-corrected chi connectivity index (χ4v) is 2.72. The van der Waals surface area contributed by atoms with E-state index < -0.39 is 24.3 Å². The van der Waals surface area contributed by atoms with Crippen molar-refractivity contribution in [2.75, 3.05) is 25.5 Å². The van der Waals surface area contributed by atoms with Gasteiger partial charge in [0.2, 0.25) is 0 Å². The highest BCUT2D eigenvalue weighted by Gasteiger charge is 2.38. The van der Waals surface area contributed by atoms with Crippen LogP contribution in [0, 0.1) is 0 Å². The average Bonchev–Trinajstić information content (AvgIpc) is 3.26. The van der Waals surface area contributed by atoms with E-state index in [1.807, 2.05) is 6.07 Å². The van der Waals surface area contributed by atoms with E-state index in [4.69, 9.17) is 24.5 Å². The van der Waals surface area contributed by atoms with Crippen LogP contribution in [0.3, 0.4) is 0 Å². The van der Waals surface area contributed by atoms with Gasteiger partial charge in [-0.15, -0.1) is 0 Å². The van der Waals surface area contributed by atoms with Gasteiger partial charge in [-0.05, 0) is 32.0 Å². The summed E-state index contributed by atoms with van der Waals surface area (Å²) in [6, 6.07) is 4.05. The van der Waals surface area contributed by atoms with E-state index >= 15 is 0 Å². The van der Waals surface area contributed by atoms with Crippen LogP contribution in [0.25, 0.3) is 0 Å². The van der Waals surface area contributed by atoms with Crippen LogP contribution in [0.5, 0.6) is 0 Å². The topological polar surface area (TPSA) is 162 Å². The summed E-state index contributed by atoms with van der Waals surface area (Å²) in [5.74, 6) is -4.13. The molecule has 202 valence electrons. The molecule has 0 amide bonds. The number of alkyl halides is 6.